The molecule has 434 valence electrons. The van der Waals surface area contributed by atoms with Crippen molar-refractivity contribution >= 4 is 87.0 Å². The second kappa shape index (κ2) is 33.6. The predicted molar refractivity (Wildman–Crippen MR) is 303 cm³/mol. The van der Waals surface area contributed by atoms with Crippen molar-refractivity contribution in [3.8, 4) is 0 Å². The van der Waals surface area contributed by atoms with E-state index in [-0.39, 0.29) is 81.4 Å². The summed E-state index contributed by atoms with van der Waals surface area (Å²) in [5.41, 5.74) is 24.7. The number of carbonyl (C=O) groups excluding carboxylic acids is 10. The number of guanidine groups is 1. The van der Waals surface area contributed by atoms with Crippen molar-refractivity contribution in [2.45, 2.75) is 152 Å². The van der Waals surface area contributed by atoms with Gasteiger partial charge in [0, 0.05) is 37.4 Å². The third kappa shape index (κ3) is 22.1. The molecule has 2 aromatic rings. The summed E-state index contributed by atoms with van der Waals surface area (Å²) in [6.45, 7) is 7.04. The number of fused-ring (bicyclic) bond motifs is 1. The zero-order valence-corrected chi connectivity index (χ0v) is 47.0. The Balaban J connectivity index is 1.70. The van der Waals surface area contributed by atoms with Crippen molar-refractivity contribution in [3.63, 3.8) is 0 Å². The van der Waals surface area contributed by atoms with Crippen LogP contribution >= 0.6 is 21.6 Å². The molecule has 2 saturated heterocycles. The van der Waals surface area contributed by atoms with Crippen molar-refractivity contribution in [2.75, 3.05) is 31.1 Å². The lowest BCUT2D eigenvalue weighted by molar-refractivity contribution is -0.140. The Bertz CT molecular complexity index is 2400. The highest BCUT2D eigenvalue weighted by atomic mass is 33.1. The molecule has 9 amide bonds. The molecule has 2 heterocycles. The van der Waals surface area contributed by atoms with E-state index in [0.29, 0.717) is 43.2 Å². The van der Waals surface area contributed by atoms with Crippen LogP contribution in [-0.4, -0.2) is 162 Å². The van der Waals surface area contributed by atoms with Crippen LogP contribution in [0.4, 0.5) is 0 Å². The molecule has 2 fully saturated rings. The zero-order valence-electron chi connectivity index (χ0n) is 45.4. The van der Waals surface area contributed by atoms with Crippen molar-refractivity contribution in [1.82, 2.24) is 47.4 Å². The van der Waals surface area contributed by atoms with Gasteiger partial charge in [0.1, 0.15) is 54.6 Å². The van der Waals surface area contributed by atoms with Gasteiger partial charge in [0.05, 0.1) is 12.1 Å². The molecule has 0 aromatic heterocycles. The normalized spacial score (nSPS) is 26.3. The maximum Gasteiger partial charge on any atom is 0.243 e. The molecule has 2 aliphatic heterocycles. The molecule has 0 aliphatic carbocycles. The highest BCUT2D eigenvalue weighted by Crippen LogP contribution is 2.25. The number of rotatable bonds is 15. The Morgan fingerprint density at radius 1 is 0.620 bits per heavy atom. The fraction of sp³-hybridized carbons (Fsp3) is 0.566. The van der Waals surface area contributed by atoms with Crippen LogP contribution in [0.15, 0.2) is 65.7 Å². The van der Waals surface area contributed by atoms with Crippen molar-refractivity contribution < 1.29 is 47.9 Å². The number of aliphatic imine (C=N–C) groups is 1. The van der Waals surface area contributed by atoms with E-state index in [4.69, 9.17) is 22.9 Å². The Labute approximate surface area is 469 Å². The van der Waals surface area contributed by atoms with E-state index < -0.39 is 114 Å². The molecular formula is C53H80N14O10S2. The molecule has 0 unspecified atom stereocenters. The first kappa shape index (κ1) is 64.8. The lowest BCUT2D eigenvalue weighted by atomic mass is 10.0. The summed E-state index contributed by atoms with van der Waals surface area (Å²) in [7, 11) is 2.36. The Hall–Kier alpha value is -6.77. The highest BCUT2D eigenvalue weighted by molar-refractivity contribution is 8.76. The molecule has 10 atom stereocenters. The van der Waals surface area contributed by atoms with Gasteiger partial charge in [-0.15, -0.1) is 0 Å². The topological polar surface area (TPSA) is 387 Å². The maximum atomic E-state index is 14.4. The number of nitrogens with zero attached hydrogens (tertiary/aromatic N) is 2. The Morgan fingerprint density at radius 2 is 1.09 bits per heavy atom. The summed E-state index contributed by atoms with van der Waals surface area (Å²) in [4.78, 5) is 144. The van der Waals surface area contributed by atoms with E-state index in [2.05, 4.69) is 47.5 Å². The van der Waals surface area contributed by atoms with E-state index in [9.17, 15) is 47.9 Å². The monoisotopic (exact) mass is 1140 g/mol. The number of unbranched alkanes of at least 4 members (excludes halogenated alkanes) is 1. The number of hydrogen-bond acceptors (Lipinski definition) is 15. The van der Waals surface area contributed by atoms with Gasteiger partial charge >= 0.3 is 0 Å². The largest absolute Gasteiger partial charge is 0.370 e. The third-order valence-electron chi connectivity index (χ3n) is 13.1. The van der Waals surface area contributed by atoms with Crippen LogP contribution in [0.3, 0.4) is 0 Å². The van der Waals surface area contributed by atoms with Crippen molar-refractivity contribution in [3.05, 3.63) is 71.8 Å². The second-order valence-electron chi connectivity index (χ2n) is 20.1. The summed E-state index contributed by atoms with van der Waals surface area (Å²) >= 11 is 0. The molecule has 79 heavy (non-hydrogen) atoms. The minimum Gasteiger partial charge on any atom is -0.370 e. The maximum absolute atomic E-state index is 14.4. The summed E-state index contributed by atoms with van der Waals surface area (Å²) < 4.78 is 0. The third-order valence-corrected chi connectivity index (χ3v) is 15.5. The van der Waals surface area contributed by atoms with E-state index in [0.717, 1.165) is 0 Å². The highest BCUT2D eigenvalue weighted by Gasteiger charge is 2.39. The van der Waals surface area contributed by atoms with Gasteiger partial charge in [0.2, 0.25) is 53.2 Å². The number of nitrogens with two attached hydrogens (primary N) is 4. The van der Waals surface area contributed by atoms with Gasteiger partial charge in [-0.1, -0.05) is 96.1 Å². The molecule has 16 N–H and O–H groups in total. The first-order valence-electron chi connectivity index (χ1n) is 26.7. The summed E-state index contributed by atoms with van der Waals surface area (Å²) in [5, 5.41) is 21.7. The van der Waals surface area contributed by atoms with Crippen molar-refractivity contribution in [1.29, 1.82) is 0 Å². The minimum absolute atomic E-state index is 0.0201. The van der Waals surface area contributed by atoms with Gasteiger partial charge in [-0.3, -0.25) is 48.1 Å². The van der Waals surface area contributed by atoms with Crippen LogP contribution in [0.25, 0.3) is 0 Å². The molecule has 24 nitrogen and oxygen atoms in total. The minimum atomic E-state index is -1.32. The first-order valence-corrected chi connectivity index (χ1v) is 29.2. The molecule has 2 aromatic carbocycles. The first-order chi connectivity index (χ1) is 37.7. The lowest BCUT2D eigenvalue weighted by Crippen LogP contribution is -2.60. The fourth-order valence-electron chi connectivity index (χ4n) is 8.75. The number of amides is 9. The summed E-state index contributed by atoms with van der Waals surface area (Å²) in [6, 6.07) is 5.79. The second-order valence-corrected chi connectivity index (χ2v) is 22.7. The van der Waals surface area contributed by atoms with Crippen LogP contribution in [0, 0.1) is 5.92 Å². The number of benzene rings is 2. The molecule has 0 bridgehead atoms. The molecule has 2 aliphatic rings. The average Bonchev–Trinajstić information content (AvgIpc) is 3.92. The smallest absolute Gasteiger partial charge is 0.243 e. The lowest BCUT2D eigenvalue weighted by Gasteiger charge is -2.29. The number of aldehydes is 1. The van der Waals surface area contributed by atoms with Crippen molar-refractivity contribution in [2.24, 2.45) is 33.8 Å². The SMILES string of the molecule is CC(C)C[C@@H]1NC(=O)[C@H](C)NC(=O)[C@H](C)NC(=O)[C@H](Cc2ccccc2)NC(=O)[C@H](CCCN=C(N)N)NC(=O)[C@H](CCCCN)NC(=O)[C@@H]2CCCN2C(=O)[C@@H](N)CSSC[C@@H](C=O)NC(=O)[C@H](Cc2ccccc2)NC1=O. The number of nitrogens with one attached hydrogen (secondary N) is 8. The van der Waals surface area contributed by atoms with E-state index in [1.807, 2.05) is 13.8 Å². The van der Waals surface area contributed by atoms with Gasteiger partial charge in [0.25, 0.3) is 0 Å². The molecule has 4 rings (SSSR count). The molecule has 26 heteroatoms. The summed E-state index contributed by atoms with van der Waals surface area (Å²) in [5.74, 6) is -6.50. The average molecular weight is 1140 g/mol. The molecule has 0 radical (unpaired) electrons. The van der Waals surface area contributed by atoms with E-state index in [1.54, 1.807) is 60.7 Å². The van der Waals surface area contributed by atoms with Gasteiger partial charge < -0.3 is 75.2 Å². The Kier molecular flexibility index (Phi) is 27.6. The van der Waals surface area contributed by atoms with Crippen LogP contribution < -0.4 is 65.5 Å². The van der Waals surface area contributed by atoms with Gasteiger partial charge in [-0.05, 0) is 88.8 Å². The van der Waals surface area contributed by atoms with Gasteiger partial charge in [0.15, 0.2) is 5.96 Å². The summed E-state index contributed by atoms with van der Waals surface area (Å²) in [6.07, 6.45) is 2.62. The standard InChI is InChI=1S/C53H80N14O10S2/c1-31(2)25-40-50(75)66-42(27-35-17-9-6-10-18-35)49(74)61-36(28-68)29-78-79-30-37(55)52(77)67-24-14-21-43(67)51(76)63-38(19-11-12-22-54)46(71)62-39(20-13-23-58-53(56)57)47(72)65-41(26-34-15-7-5-8-16-34)48(73)60-32(3)44(69)59-33(4)45(70)64-40/h5-10,15-18,28,31-33,36-43H,11-14,19-27,29-30,54-55H2,1-4H3,(H,59,69)(H,60,73)(H,61,74)(H,62,71)(H,63,76)(H,64,70)(H,65,72)(H,66,75)(H4,56,57,58)/t32-,33-,36+,37-,38-,39-,40-,41-,42-,43-/m0/s1. The van der Waals surface area contributed by atoms with E-state index in [1.165, 1.54) is 40.3 Å². The van der Waals surface area contributed by atoms with Crippen LogP contribution in [0.1, 0.15) is 90.2 Å². The van der Waals surface area contributed by atoms with Gasteiger partial charge in [-0.2, -0.15) is 0 Å². The fourth-order valence-corrected chi connectivity index (χ4v) is 11.0. The quantitative estimate of drug-likeness (QED) is 0.0319. The van der Waals surface area contributed by atoms with Crippen LogP contribution in [0.5, 0.6) is 0 Å². The van der Waals surface area contributed by atoms with Crippen LogP contribution in [-0.2, 0) is 60.8 Å². The van der Waals surface area contributed by atoms with Gasteiger partial charge in [-0.25, -0.2) is 0 Å². The zero-order chi connectivity index (χ0) is 58.0. The molecule has 0 saturated carbocycles. The predicted octanol–water partition coefficient (Wildman–Crippen LogP) is -1.47. The number of hydrogen-bond donors (Lipinski definition) is 12. The molecular weight excluding hydrogens is 1060 g/mol. The number of carbonyl (C=O) groups is 10. The molecule has 0 spiro atoms. The van der Waals surface area contributed by atoms with Crippen LogP contribution in [0.2, 0.25) is 0 Å². The van der Waals surface area contributed by atoms with E-state index >= 15 is 0 Å². The Morgan fingerprint density at radius 3 is 1.63 bits per heavy atom.